The molecule has 0 saturated carbocycles. The van der Waals surface area contributed by atoms with E-state index in [1.54, 1.807) is 11.3 Å². The highest BCUT2D eigenvalue weighted by atomic mass is 32.1. The van der Waals surface area contributed by atoms with E-state index in [-0.39, 0.29) is 6.03 Å². The monoisotopic (exact) mass is 239 g/mol. The van der Waals surface area contributed by atoms with Crippen LogP contribution in [0, 0.1) is 0 Å². The number of rotatable bonds is 6. The Morgan fingerprint density at radius 2 is 2.44 bits per heavy atom. The lowest BCUT2D eigenvalue weighted by molar-refractivity contribution is 0.217. The molecule has 1 aromatic rings. The predicted molar refractivity (Wildman–Crippen MR) is 65.9 cm³/mol. The molecule has 4 nitrogen and oxygen atoms in total. The molecule has 1 saturated heterocycles. The SMILES string of the molecule is O=C1NCCN1CCNCCc1ccsc1. The summed E-state index contributed by atoms with van der Waals surface area (Å²) in [7, 11) is 0. The van der Waals surface area contributed by atoms with Gasteiger partial charge in [0.2, 0.25) is 0 Å². The van der Waals surface area contributed by atoms with Crippen molar-refractivity contribution in [3.05, 3.63) is 22.4 Å². The zero-order chi connectivity index (χ0) is 11.2. The molecule has 16 heavy (non-hydrogen) atoms. The van der Waals surface area contributed by atoms with Gasteiger partial charge in [-0.1, -0.05) is 0 Å². The van der Waals surface area contributed by atoms with Gasteiger partial charge in [0.1, 0.15) is 0 Å². The van der Waals surface area contributed by atoms with Crippen LogP contribution >= 0.6 is 11.3 Å². The molecule has 1 fully saturated rings. The fourth-order valence-electron chi connectivity index (χ4n) is 1.73. The Bertz CT molecular complexity index is 326. The molecule has 88 valence electrons. The molecular weight excluding hydrogens is 222 g/mol. The molecule has 1 aliphatic rings. The second kappa shape index (κ2) is 5.86. The third kappa shape index (κ3) is 3.21. The number of nitrogens with one attached hydrogen (secondary N) is 2. The van der Waals surface area contributed by atoms with Gasteiger partial charge in [-0.3, -0.25) is 0 Å². The molecule has 2 amide bonds. The van der Waals surface area contributed by atoms with E-state index >= 15 is 0 Å². The van der Waals surface area contributed by atoms with E-state index in [0.29, 0.717) is 0 Å². The van der Waals surface area contributed by atoms with Crippen LogP contribution in [0.1, 0.15) is 5.56 Å². The van der Waals surface area contributed by atoms with E-state index in [4.69, 9.17) is 0 Å². The molecule has 1 aromatic heterocycles. The molecule has 5 heteroatoms. The van der Waals surface area contributed by atoms with Crippen LogP contribution in [0.15, 0.2) is 16.8 Å². The molecule has 0 atom stereocenters. The van der Waals surface area contributed by atoms with Gasteiger partial charge in [-0.15, -0.1) is 0 Å². The summed E-state index contributed by atoms with van der Waals surface area (Å²) in [5.41, 5.74) is 1.39. The average molecular weight is 239 g/mol. The van der Waals surface area contributed by atoms with E-state index in [2.05, 4.69) is 27.5 Å². The Hall–Kier alpha value is -1.07. The number of urea groups is 1. The van der Waals surface area contributed by atoms with Crippen molar-refractivity contribution in [2.45, 2.75) is 6.42 Å². The number of hydrogen-bond acceptors (Lipinski definition) is 3. The van der Waals surface area contributed by atoms with Crippen LogP contribution < -0.4 is 10.6 Å². The minimum atomic E-state index is 0.0691. The first-order valence-corrected chi connectivity index (χ1v) is 6.55. The lowest BCUT2D eigenvalue weighted by Gasteiger charge is -2.14. The maximum Gasteiger partial charge on any atom is 0.317 e. The van der Waals surface area contributed by atoms with E-state index in [1.165, 1.54) is 5.56 Å². The lowest BCUT2D eigenvalue weighted by Crippen LogP contribution is -2.35. The van der Waals surface area contributed by atoms with Crippen LogP contribution in [-0.2, 0) is 6.42 Å². The third-order valence-corrected chi connectivity index (χ3v) is 3.41. The Kier molecular flexibility index (Phi) is 4.18. The highest BCUT2D eigenvalue weighted by Gasteiger charge is 2.17. The van der Waals surface area contributed by atoms with Crippen LogP contribution in [-0.4, -0.2) is 43.7 Å². The van der Waals surface area contributed by atoms with Crippen molar-refractivity contribution in [3.63, 3.8) is 0 Å². The van der Waals surface area contributed by atoms with Gasteiger partial charge in [0.25, 0.3) is 0 Å². The molecule has 0 spiro atoms. The summed E-state index contributed by atoms with van der Waals surface area (Å²) in [4.78, 5) is 13.1. The first-order valence-electron chi connectivity index (χ1n) is 5.61. The quantitative estimate of drug-likeness (QED) is 0.725. The Morgan fingerprint density at radius 3 is 3.12 bits per heavy atom. The third-order valence-electron chi connectivity index (χ3n) is 2.67. The van der Waals surface area contributed by atoms with Gasteiger partial charge in [-0.25, -0.2) is 4.79 Å². The molecule has 2 heterocycles. The molecular formula is C11H17N3OS. The maximum absolute atomic E-state index is 11.2. The second-order valence-electron chi connectivity index (χ2n) is 3.85. The summed E-state index contributed by atoms with van der Waals surface area (Å²) in [5, 5.41) is 10.4. The Labute approximate surface area is 99.6 Å². The molecule has 0 unspecified atom stereocenters. The van der Waals surface area contributed by atoms with Crippen LogP contribution in [0.4, 0.5) is 4.79 Å². The van der Waals surface area contributed by atoms with Crippen LogP contribution in [0.5, 0.6) is 0 Å². The number of hydrogen-bond donors (Lipinski definition) is 2. The molecule has 0 aliphatic carbocycles. The van der Waals surface area contributed by atoms with Gasteiger partial charge >= 0.3 is 6.03 Å². The van der Waals surface area contributed by atoms with Crippen molar-refractivity contribution in [3.8, 4) is 0 Å². The summed E-state index contributed by atoms with van der Waals surface area (Å²) in [6, 6.07) is 2.22. The lowest BCUT2D eigenvalue weighted by atomic mass is 10.2. The van der Waals surface area contributed by atoms with Gasteiger partial charge in [0, 0.05) is 26.2 Å². The zero-order valence-corrected chi connectivity index (χ0v) is 10.1. The minimum Gasteiger partial charge on any atom is -0.336 e. The topological polar surface area (TPSA) is 44.4 Å². The highest BCUT2D eigenvalue weighted by Crippen LogP contribution is 2.05. The number of carbonyl (C=O) groups is 1. The molecule has 2 rings (SSSR count). The average Bonchev–Trinajstić information content (AvgIpc) is 2.90. The number of amides is 2. The van der Waals surface area contributed by atoms with Crippen molar-refractivity contribution in [1.82, 2.24) is 15.5 Å². The largest absolute Gasteiger partial charge is 0.336 e. The molecule has 0 aromatic carbocycles. The van der Waals surface area contributed by atoms with Crippen LogP contribution in [0.3, 0.4) is 0 Å². The molecule has 2 N–H and O–H groups in total. The van der Waals surface area contributed by atoms with Crippen molar-refractivity contribution < 1.29 is 4.79 Å². The van der Waals surface area contributed by atoms with Crippen molar-refractivity contribution in [2.75, 3.05) is 32.7 Å². The summed E-state index contributed by atoms with van der Waals surface area (Å²) in [5.74, 6) is 0. The smallest absolute Gasteiger partial charge is 0.317 e. The van der Waals surface area contributed by atoms with Crippen molar-refractivity contribution >= 4 is 17.4 Å². The molecule has 0 radical (unpaired) electrons. The van der Waals surface area contributed by atoms with Gasteiger partial charge in [0.05, 0.1) is 0 Å². The Balaban J connectivity index is 1.53. The van der Waals surface area contributed by atoms with E-state index < -0.39 is 0 Å². The molecule has 1 aliphatic heterocycles. The fourth-order valence-corrected chi connectivity index (χ4v) is 2.43. The second-order valence-corrected chi connectivity index (χ2v) is 4.63. The number of thiophene rings is 1. The van der Waals surface area contributed by atoms with Crippen LogP contribution in [0.2, 0.25) is 0 Å². The standard InChI is InChI=1S/C11H17N3OS/c15-11-13-5-7-14(11)6-4-12-3-1-10-2-8-16-9-10/h2,8-9,12H,1,3-7H2,(H,13,15). The van der Waals surface area contributed by atoms with Gasteiger partial charge in [-0.2, -0.15) is 11.3 Å². The van der Waals surface area contributed by atoms with E-state index in [0.717, 1.165) is 39.1 Å². The first-order chi connectivity index (χ1) is 7.86. The highest BCUT2D eigenvalue weighted by molar-refractivity contribution is 7.07. The van der Waals surface area contributed by atoms with Crippen LogP contribution in [0.25, 0.3) is 0 Å². The van der Waals surface area contributed by atoms with Gasteiger partial charge < -0.3 is 15.5 Å². The van der Waals surface area contributed by atoms with Gasteiger partial charge in [0.15, 0.2) is 0 Å². The fraction of sp³-hybridized carbons (Fsp3) is 0.545. The normalized spacial score (nSPS) is 15.5. The number of carbonyl (C=O) groups excluding carboxylic acids is 1. The number of nitrogens with zero attached hydrogens (tertiary/aromatic N) is 1. The maximum atomic E-state index is 11.2. The Morgan fingerprint density at radius 1 is 1.50 bits per heavy atom. The van der Waals surface area contributed by atoms with Crippen molar-refractivity contribution in [1.29, 1.82) is 0 Å². The van der Waals surface area contributed by atoms with Gasteiger partial charge in [-0.05, 0) is 35.4 Å². The summed E-state index contributed by atoms with van der Waals surface area (Å²) in [6.45, 7) is 4.28. The first kappa shape index (κ1) is 11.4. The molecule has 0 bridgehead atoms. The predicted octanol–water partition coefficient (Wildman–Crippen LogP) is 0.905. The van der Waals surface area contributed by atoms with E-state index in [9.17, 15) is 4.79 Å². The zero-order valence-electron chi connectivity index (χ0n) is 9.24. The minimum absolute atomic E-state index is 0.0691. The summed E-state index contributed by atoms with van der Waals surface area (Å²) >= 11 is 1.74. The van der Waals surface area contributed by atoms with E-state index in [1.807, 2.05) is 4.90 Å². The summed E-state index contributed by atoms with van der Waals surface area (Å²) < 4.78 is 0. The summed E-state index contributed by atoms with van der Waals surface area (Å²) in [6.07, 6.45) is 1.07. The van der Waals surface area contributed by atoms with Crippen molar-refractivity contribution in [2.24, 2.45) is 0 Å².